The van der Waals surface area contributed by atoms with Gasteiger partial charge in [-0.15, -0.1) is 0 Å². The summed E-state index contributed by atoms with van der Waals surface area (Å²) in [5.74, 6) is -0.231. The average molecular weight is 335 g/mol. The standard InChI is InChI=1S/C15H21N5O4/c1-17-9-16-13-12(17)14(22)20(15(23)18(13)2)8-11(21)19-6-4-10(24-3)5-7-19/h9-10H,4-8H2,1-3H3. The molecule has 1 fully saturated rings. The number of amides is 1. The molecule has 9 heteroatoms. The highest BCUT2D eigenvalue weighted by molar-refractivity contribution is 5.77. The zero-order chi connectivity index (χ0) is 17.4. The second-order valence-electron chi connectivity index (χ2n) is 6.08. The molecular weight excluding hydrogens is 314 g/mol. The summed E-state index contributed by atoms with van der Waals surface area (Å²) in [6.07, 6.45) is 3.16. The van der Waals surface area contributed by atoms with Crippen molar-refractivity contribution in [3.05, 3.63) is 27.2 Å². The highest BCUT2D eigenvalue weighted by atomic mass is 16.5. The zero-order valence-electron chi connectivity index (χ0n) is 14.1. The molecule has 0 N–H and O–H groups in total. The third-order valence-electron chi connectivity index (χ3n) is 4.62. The summed E-state index contributed by atoms with van der Waals surface area (Å²) in [7, 11) is 4.89. The summed E-state index contributed by atoms with van der Waals surface area (Å²) in [6, 6.07) is 0. The minimum absolute atomic E-state index is 0.162. The van der Waals surface area contributed by atoms with Gasteiger partial charge in [-0.25, -0.2) is 14.3 Å². The van der Waals surface area contributed by atoms with E-state index in [1.807, 2.05) is 0 Å². The summed E-state index contributed by atoms with van der Waals surface area (Å²) >= 11 is 0. The van der Waals surface area contributed by atoms with Gasteiger partial charge in [-0.3, -0.25) is 14.2 Å². The van der Waals surface area contributed by atoms with Gasteiger partial charge in [-0.1, -0.05) is 0 Å². The summed E-state index contributed by atoms with van der Waals surface area (Å²) in [5, 5.41) is 0. The number of hydrogen-bond acceptors (Lipinski definition) is 5. The van der Waals surface area contributed by atoms with Crippen molar-refractivity contribution in [1.29, 1.82) is 0 Å². The molecule has 0 atom stereocenters. The van der Waals surface area contributed by atoms with Crippen LogP contribution in [0.5, 0.6) is 0 Å². The Labute approximate surface area is 138 Å². The number of fused-ring (bicyclic) bond motifs is 1. The first-order valence-electron chi connectivity index (χ1n) is 7.85. The van der Waals surface area contributed by atoms with Crippen molar-refractivity contribution in [1.82, 2.24) is 23.6 Å². The number of aryl methyl sites for hydroxylation is 2. The van der Waals surface area contributed by atoms with Crippen LogP contribution in [-0.4, -0.2) is 55.8 Å². The first kappa shape index (κ1) is 16.4. The molecule has 1 amide bonds. The summed E-state index contributed by atoms with van der Waals surface area (Å²) in [5.41, 5.74) is -0.403. The second-order valence-corrected chi connectivity index (χ2v) is 6.08. The molecule has 0 saturated carbocycles. The van der Waals surface area contributed by atoms with Gasteiger partial charge in [0.25, 0.3) is 5.56 Å². The van der Waals surface area contributed by atoms with Gasteiger partial charge in [-0.05, 0) is 12.8 Å². The van der Waals surface area contributed by atoms with Crippen LogP contribution in [0.25, 0.3) is 11.2 Å². The molecule has 0 radical (unpaired) electrons. The molecule has 0 bridgehead atoms. The van der Waals surface area contributed by atoms with Crippen molar-refractivity contribution in [2.24, 2.45) is 14.1 Å². The van der Waals surface area contributed by atoms with E-state index in [0.29, 0.717) is 24.3 Å². The number of piperidine rings is 1. The zero-order valence-corrected chi connectivity index (χ0v) is 14.1. The number of likely N-dealkylation sites (tertiary alicyclic amines) is 1. The number of aromatic nitrogens is 4. The molecule has 24 heavy (non-hydrogen) atoms. The lowest BCUT2D eigenvalue weighted by Crippen LogP contribution is -2.47. The lowest BCUT2D eigenvalue weighted by atomic mass is 10.1. The molecule has 0 aliphatic carbocycles. The van der Waals surface area contributed by atoms with Gasteiger partial charge in [0, 0.05) is 34.3 Å². The maximum absolute atomic E-state index is 12.6. The number of methoxy groups -OCH3 is 1. The van der Waals surface area contributed by atoms with Crippen LogP contribution in [0.1, 0.15) is 12.8 Å². The van der Waals surface area contributed by atoms with Crippen molar-refractivity contribution in [3.63, 3.8) is 0 Å². The van der Waals surface area contributed by atoms with E-state index in [0.717, 1.165) is 17.4 Å². The minimum Gasteiger partial charge on any atom is -0.381 e. The van der Waals surface area contributed by atoms with Gasteiger partial charge >= 0.3 is 5.69 Å². The molecule has 0 spiro atoms. The van der Waals surface area contributed by atoms with Gasteiger partial charge < -0.3 is 14.2 Å². The molecule has 9 nitrogen and oxygen atoms in total. The van der Waals surface area contributed by atoms with Crippen LogP contribution in [-0.2, 0) is 30.2 Å². The lowest BCUT2D eigenvalue weighted by molar-refractivity contribution is -0.134. The number of rotatable bonds is 3. The Morgan fingerprint density at radius 2 is 1.96 bits per heavy atom. The van der Waals surface area contributed by atoms with Crippen molar-refractivity contribution in [2.45, 2.75) is 25.5 Å². The smallest absolute Gasteiger partial charge is 0.332 e. The SMILES string of the molecule is COC1CCN(C(=O)Cn2c(=O)c3c(ncn3C)n(C)c2=O)CC1. The Balaban J connectivity index is 1.90. The van der Waals surface area contributed by atoms with Crippen LogP contribution in [0.2, 0.25) is 0 Å². The Morgan fingerprint density at radius 1 is 1.29 bits per heavy atom. The van der Waals surface area contributed by atoms with E-state index in [9.17, 15) is 14.4 Å². The Morgan fingerprint density at radius 3 is 2.58 bits per heavy atom. The van der Waals surface area contributed by atoms with Gasteiger partial charge in [-0.2, -0.15) is 0 Å². The van der Waals surface area contributed by atoms with E-state index in [1.54, 1.807) is 30.7 Å². The van der Waals surface area contributed by atoms with Gasteiger partial charge in [0.1, 0.15) is 6.54 Å². The highest BCUT2D eigenvalue weighted by Crippen LogP contribution is 2.13. The Kier molecular flexibility index (Phi) is 4.27. The highest BCUT2D eigenvalue weighted by Gasteiger charge is 2.24. The van der Waals surface area contributed by atoms with Crippen molar-refractivity contribution < 1.29 is 9.53 Å². The fourth-order valence-electron chi connectivity index (χ4n) is 3.11. The lowest BCUT2D eigenvalue weighted by Gasteiger charge is -2.31. The molecular formula is C15H21N5O4. The van der Waals surface area contributed by atoms with Gasteiger partial charge in [0.15, 0.2) is 11.2 Å². The van der Waals surface area contributed by atoms with E-state index in [4.69, 9.17) is 4.74 Å². The molecule has 130 valence electrons. The van der Waals surface area contributed by atoms with E-state index < -0.39 is 11.2 Å². The van der Waals surface area contributed by atoms with Crippen LogP contribution < -0.4 is 11.2 Å². The third kappa shape index (κ3) is 2.64. The summed E-state index contributed by atoms with van der Waals surface area (Å²) in [4.78, 5) is 43.3. The van der Waals surface area contributed by atoms with Crippen molar-refractivity contribution in [3.8, 4) is 0 Å². The number of nitrogens with zero attached hydrogens (tertiary/aromatic N) is 5. The normalized spacial score (nSPS) is 16.0. The number of imidazole rings is 1. The van der Waals surface area contributed by atoms with Crippen molar-refractivity contribution >= 4 is 17.1 Å². The quantitative estimate of drug-likeness (QED) is 0.723. The topological polar surface area (TPSA) is 91.4 Å². The first-order chi connectivity index (χ1) is 11.4. The number of hydrogen-bond donors (Lipinski definition) is 0. The molecule has 3 heterocycles. The van der Waals surface area contributed by atoms with E-state index in [-0.39, 0.29) is 18.6 Å². The fourth-order valence-corrected chi connectivity index (χ4v) is 3.11. The molecule has 2 aromatic rings. The monoisotopic (exact) mass is 335 g/mol. The second kappa shape index (κ2) is 6.23. The van der Waals surface area contributed by atoms with Crippen LogP contribution in [0.3, 0.4) is 0 Å². The van der Waals surface area contributed by atoms with Crippen LogP contribution in [0.15, 0.2) is 15.9 Å². The molecule has 1 aliphatic rings. The van der Waals surface area contributed by atoms with Crippen LogP contribution in [0, 0.1) is 0 Å². The molecule has 3 rings (SSSR count). The fraction of sp³-hybridized carbons (Fsp3) is 0.600. The number of ether oxygens (including phenoxy) is 1. The number of carbonyl (C=O) groups excluding carboxylic acids is 1. The van der Waals surface area contributed by atoms with E-state index in [1.165, 1.54) is 10.9 Å². The van der Waals surface area contributed by atoms with Crippen molar-refractivity contribution in [2.75, 3.05) is 20.2 Å². The Bertz CT molecular complexity index is 886. The maximum Gasteiger partial charge on any atom is 0.332 e. The van der Waals surface area contributed by atoms with E-state index >= 15 is 0 Å². The maximum atomic E-state index is 12.6. The van der Waals surface area contributed by atoms with Crippen LogP contribution in [0.4, 0.5) is 0 Å². The average Bonchev–Trinajstić information content (AvgIpc) is 2.98. The summed E-state index contributed by atoms with van der Waals surface area (Å²) in [6.45, 7) is 0.880. The minimum atomic E-state index is -0.536. The predicted octanol–water partition coefficient (Wildman–Crippen LogP) is -0.929. The van der Waals surface area contributed by atoms with Gasteiger partial charge in [0.2, 0.25) is 5.91 Å². The number of carbonyl (C=O) groups is 1. The largest absolute Gasteiger partial charge is 0.381 e. The Hall–Kier alpha value is -2.42. The molecule has 1 saturated heterocycles. The summed E-state index contributed by atoms with van der Waals surface area (Å²) < 4.78 is 9.12. The van der Waals surface area contributed by atoms with Gasteiger partial charge in [0.05, 0.1) is 12.4 Å². The third-order valence-corrected chi connectivity index (χ3v) is 4.62. The molecule has 1 aliphatic heterocycles. The molecule has 0 unspecified atom stereocenters. The predicted molar refractivity (Wildman–Crippen MR) is 86.8 cm³/mol. The molecule has 0 aromatic carbocycles. The van der Waals surface area contributed by atoms with E-state index in [2.05, 4.69) is 4.98 Å². The first-order valence-corrected chi connectivity index (χ1v) is 7.85. The molecule has 2 aromatic heterocycles. The van der Waals surface area contributed by atoms with Crippen LogP contribution >= 0.6 is 0 Å².